The molecule has 1 atom stereocenters. The smallest absolute Gasteiger partial charge is 0.338 e. The van der Waals surface area contributed by atoms with Gasteiger partial charge in [0.2, 0.25) is 11.7 Å². The average Bonchev–Trinajstić information content (AvgIpc) is 3.43. The van der Waals surface area contributed by atoms with Crippen LogP contribution >= 0.6 is 12.4 Å². The molecule has 0 saturated carbocycles. The Labute approximate surface area is 189 Å². The number of alkyl halides is 3. The molecule has 1 unspecified atom stereocenters. The lowest BCUT2D eigenvalue weighted by Crippen LogP contribution is -2.47. The van der Waals surface area contributed by atoms with Crippen LogP contribution in [0.5, 0.6) is 0 Å². The molecule has 174 valence electrons. The van der Waals surface area contributed by atoms with E-state index in [-0.39, 0.29) is 31.2 Å². The van der Waals surface area contributed by atoms with Crippen LogP contribution in [-0.4, -0.2) is 65.0 Å². The number of urea groups is 1. The molecule has 2 aliphatic rings. The zero-order valence-electron chi connectivity index (χ0n) is 17.2. The van der Waals surface area contributed by atoms with Crippen molar-refractivity contribution in [2.75, 3.05) is 32.7 Å². The van der Waals surface area contributed by atoms with Crippen molar-refractivity contribution < 1.29 is 22.5 Å². The zero-order chi connectivity index (χ0) is 21.9. The van der Waals surface area contributed by atoms with Gasteiger partial charge in [0, 0.05) is 32.4 Å². The molecule has 0 spiro atoms. The van der Waals surface area contributed by atoms with E-state index in [1.165, 1.54) is 11.8 Å². The summed E-state index contributed by atoms with van der Waals surface area (Å²) in [6.07, 6.45) is 0.164. The number of carbonyl (C=O) groups is 1. The van der Waals surface area contributed by atoms with Gasteiger partial charge in [-0.05, 0) is 37.9 Å². The normalized spacial score (nSPS) is 21.1. The minimum atomic E-state index is -4.66. The quantitative estimate of drug-likeness (QED) is 0.649. The first-order valence-electron chi connectivity index (χ1n) is 10.1. The predicted molar refractivity (Wildman–Crippen MR) is 112 cm³/mol. The van der Waals surface area contributed by atoms with Crippen LogP contribution in [0.3, 0.4) is 0 Å². The van der Waals surface area contributed by atoms with Gasteiger partial charge < -0.3 is 20.1 Å². The van der Waals surface area contributed by atoms with Crippen molar-refractivity contribution in [3.05, 3.63) is 41.9 Å². The molecule has 8 nitrogen and oxygen atoms in total. The Balaban J connectivity index is 0.00000289. The highest BCUT2D eigenvalue weighted by atomic mass is 35.5. The lowest BCUT2D eigenvalue weighted by Gasteiger charge is -2.28. The summed E-state index contributed by atoms with van der Waals surface area (Å²) >= 11 is 0. The molecular formula is C20H24ClF3N6O2. The van der Waals surface area contributed by atoms with Gasteiger partial charge >= 0.3 is 12.2 Å². The topological polar surface area (TPSA) is 96.2 Å². The Bertz CT molecular complexity index is 952. The molecule has 0 radical (unpaired) electrons. The molecule has 0 aromatic carbocycles. The number of hydrogen-bond acceptors (Lipinski definition) is 6. The molecule has 4 rings (SSSR count). The van der Waals surface area contributed by atoms with E-state index >= 15 is 0 Å². The number of likely N-dealkylation sites (tertiary alicyclic amines) is 1. The summed E-state index contributed by atoms with van der Waals surface area (Å²) in [4.78, 5) is 21.7. The van der Waals surface area contributed by atoms with Crippen LogP contribution in [-0.2, 0) is 5.41 Å². The van der Waals surface area contributed by atoms with E-state index < -0.39 is 30.1 Å². The Kier molecular flexibility index (Phi) is 7.40. The van der Waals surface area contributed by atoms with Crippen molar-refractivity contribution >= 4 is 18.4 Å². The second kappa shape index (κ2) is 9.86. The number of halogens is 4. The number of carbonyl (C=O) groups excluding carboxylic acids is 1. The molecule has 4 heterocycles. The van der Waals surface area contributed by atoms with Gasteiger partial charge in [-0.1, -0.05) is 22.9 Å². The summed E-state index contributed by atoms with van der Waals surface area (Å²) in [6.45, 7) is 1.45. The average molecular weight is 473 g/mol. The maximum absolute atomic E-state index is 14.1. The SMILES string of the molecule is Cl.O=C(NCCC1=CCNCC1)N1CCC(c2nc(-c3ccccn3)no2)(C(F)(F)F)C1. The molecule has 2 aromatic rings. The third kappa shape index (κ3) is 4.88. The molecular weight excluding hydrogens is 449 g/mol. The first-order valence-corrected chi connectivity index (χ1v) is 10.1. The fraction of sp³-hybridized carbons (Fsp3) is 0.500. The summed E-state index contributed by atoms with van der Waals surface area (Å²) in [5, 5.41) is 9.61. The van der Waals surface area contributed by atoms with Crippen molar-refractivity contribution in [1.29, 1.82) is 0 Å². The fourth-order valence-corrected chi connectivity index (χ4v) is 3.87. The van der Waals surface area contributed by atoms with Crippen molar-refractivity contribution in [2.45, 2.75) is 30.9 Å². The van der Waals surface area contributed by atoms with Crippen molar-refractivity contribution in [3.8, 4) is 11.5 Å². The van der Waals surface area contributed by atoms with Crippen LogP contribution < -0.4 is 10.6 Å². The van der Waals surface area contributed by atoms with E-state index in [0.717, 1.165) is 24.4 Å². The molecule has 32 heavy (non-hydrogen) atoms. The summed E-state index contributed by atoms with van der Waals surface area (Å²) in [6, 6.07) is 4.42. The number of nitrogens with one attached hydrogen (secondary N) is 2. The highest BCUT2D eigenvalue weighted by Crippen LogP contribution is 2.47. The van der Waals surface area contributed by atoms with Crippen molar-refractivity contribution in [2.24, 2.45) is 0 Å². The van der Waals surface area contributed by atoms with Gasteiger partial charge in [-0.25, -0.2) is 4.79 Å². The molecule has 0 aliphatic carbocycles. The number of aromatic nitrogens is 3. The first-order chi connectivity index (χ1) is 14.9. The molecule has 2 aliphatic heterocycles. The third-order valence-corrected chi connectivity index (χ3v) is 5.71. The Morgan fingerprint density at radius 2 is 2.19 bits per heavy atom. The maximum atomic E-state index is 14.1. The van der Waals surface area contributed by atoms with Crippen LogP contribution in [0.15, 0.2) is 40.6 Å². The van der Waals surface area contributed by atoms with Crippen LogP contribution in [0.4, 0.5) is 18.0 Å². The summed E-state index contributed by atoms with van der Waals surface area (Å²) in [7, 11) is 0. The van der Waals surface area contributed by atoms with Crippen LogP contribution in [0.1, 0.15) is 25.2 Å². The Morgan fingerprint density at radius 3 is 2.88 bits per heavy atom. The van der Waals surface area contributed by atoms with Gasteiger partial charge in [-0.3, -0.25) is 4.98 Å². The largest absolute Gasteiger partial charge is 0.405 e. The number of amides is 2. The van der Waals surface area contributed by atoms with E-state index in [1.807, 2.05) is 0 Å². The van der Waals surface area contributed by atoms with Crippen LogP contribution in [0, 0.1) is 0 Å². The predicted octanol–water partition coefficient (Wildman–Crippen LogP) is 3.08. The molecule has 12 heteroatoms. The van der Waals surface area contributed by atoms with Gasteiger partial charge in [0.05, 0.1) is 0 Å². The van der Waals surface area contributed by atoms with Gasteiger partial charge in [0.1, 0.15) is 5.69 Å². The minimum Gasteiger partial charge on any atom is -0.338 e. The summed E-state index contributed by atoms with van der Waals surface area (Å²) in [5.41, 5.74) is -0.852. The molecule has 1 fully saturated rings. The van der Waals surface area contributed by atoms with Crippen LogP contribution in [0.2, 0.25) is 0 Å². The third-order valence-electron chi connectivity index (χ3n) is 5.71. The molecule has 2 aromatic heterocycles. The highest BCUT2D eigenvalue weighted by molar-refractivity contribution is 5.85. The monoisotopic (exact) mass is 472 g/mol. The fourth-order valence-electron chi connectivity index (χ4n) is 3.87. The van der Waals surface area contributed by atoms with E-state index in [4.69, 9.17) is 4.52 Å². The molecule has 0 bridgehead atoms. The van der Waals surface area contributed by atoms with E-state index in [1.54, 1.807) is 18.2 Å². The van der Waals surface area contributed by atoms with Gasteiger partial charge in [0.25, 0.3) is 0 Å². The number of nitrogens with zero attached hydrogens (tertiary/aromatic N) is 4. The van der Waals surface area contributed by atoms with Crippen LogP contribution in [0.25, 0.3) is 11.5 Å². The van der Waals surface area contributed by atoms with E-state index in [0.29, 0.717) is 18.7 Å². The summed E-state index contributed by atoms with van der Waals surface area (Å²) in [5.74, 6) is -0.562. The Hall–Kier alpha value is -2.66. The standard InChI is InChI=1S/C20H23F3N6O2.ClH/c21-20(22,23)19(17-27-16(28-31-17)15-3-1-2-8-25-15)7-12-29(13-19)18(30)26-11-6-14-4-9-24-10-5-14;/h1-4,8,24H,5-7,9-13H2,(H,26,30);1H. The highest BCUT2D eigenvalue weighted by Gasteiger charge is 2.63. The summed E-state index contributed by atoms with van der Waals surface area (Å²) < 4.78 is 47.4. The number of hydrogen-bond donors (Lipinski definition) is 2. The van der Waals surface area contributed by atoms with E-state index in [9.17, 15) is 18.0 Å². The van der Waals surface area contributed by atoms with Crippen molar-refractivity contribution in [3.63, 3.8) is 0 Å². The van der Waals surface area contributed by atoms with Crippen molar-refractivity contribution in [1.82, 2.24) is 30.7 Å². The lowest BCUT2D eigenvalue weighted by molar-refractivity contribution is -0.193. The Morgan fingerprint density at radius 1 is 1.34 bits per heavy atom. The second-order valence-electron chi connectivity index (χ2n) is 7.69. The van der Waals surface area contributed by atoms with Gasteiger partial charge in [0.15, 0.2) is 5.41 Å². The van der Waals surface area contributed by atoms with Gasteiger partial charge in [-0.2, -0.15) is 18.2 Å². The lowest BCUT2D eigenvalue weighted by atomic mass is 9.86. The molecule has 1 saturated heterocycles. The maximum Gasteiger partial charge on any atom is 0.405 e. The minimum absolute atomic E-state index is 0. The number of pyridine rings is 1. The second-order valence-corrected chi connectivity index (χ2v) is 7.69. The number of rotatable bonds is 5. The first kappa shape index (κ1) is 24.0. The zero-order valence-corrected chi connectivity index (χ0v) is 18.0. The molecule has 2 amide bonds. The van der Waals surface area contributed by atoms with E-state index in [2.05, 4.69) is 31.8 Å². The van der Waals surface area contributed by atoms with Gasteiger partial charge in [-0.15, -0.1) is 12.4 Å². The molecule has 2 N–H and O–H groups in total.